The van der Waals surface area contributed by atoms with E-state index in [0.29, 0.717) is 5.92 Å². The van der Waals surface area contributed by atoms with E-state index >= 15 is 0 Å². The number of alkyl halides is 1. The molecular formula is C17H31ClN2O6S. The van der Waals surface area contributed by atoms with E-state index in [0.717, 1.165) is 25.8 Å². The molecule has 0 radical (unpaired) electrons. The van der Waals surface area contributed by atoms with Crippen LogP contribution in [0.2, 0.25) is 0 Å². The average Bonchev–Trinajstić information content (AvgIpc) is 3.07. The van der Waals surface area contributed by atoms with Gasteiger partial charge in [0.1, 0.15) is 24.4 Å². The SMILES string of the molecule is CCCC1CNC(C(=O)NC(C(C)Cl)C2OC(S(C)=O)C(O)C(O)C2O)C1. The molecule has 2 aliphatic rings. The van der Waals surface area contributed by atoms with Crippen molar-refractivity contribution in [1.29, 1.82) is 0 Å². The first-order valence-electron chi connectivity index (χ1n) is 9.37. The van der Waals surface area contributed by atoms with Crippen LogP contribution in [0.1, 0.15) is 33.1 Å². The zero-order chi connectivity index (χ0) is 20.3. The maximum absolute atomic E-state index is 12.7. The Morgan fingerprint density at radius 2 is 2.00 bits per heavy atom. The van der Waals surface area contributed by atoms with E-state index in [1.54, 1.807) is 6.92 Å². The summed E-state index contributed by atoms with van der Waals surface area (Å²) in [5, 5.41) is 35.8. The molecule has 0 aromatic heterocycles. The van der Waals surface area contributed by atoms with Gasteiger partial charge in [0, 0.05) is 6.26 Å². The molecular weight excluding hydrogens is 396 g/mol. The normalized spacial score (nSPS) is 40.3. The van der Waals surface area contributed by atoms with E-state index < -0.39 is 52.1 Å². The Morgan fingerprint density at radius 1 is 1.33 bits per heavy atom. The molecule has 0 aliphatic carbocycles. The fourth-order valence-electron chi connectivity index (χ4n) is 3.80. The Hall–Kier alpha value is -0.290. The Labute approximate surface area is 167 Å². The van der Waals surface area contributed by atoms with Crippen LogP contribution in [0.3, 0.4) is 0 Å². The highest BCUT2D eigenvalue weighted by atomic mass is 35.5. The van der Waals surface area contributed by atoms with Gasteiger partial charge in [0.25, 0.3) is 0 Å². The van der Waals surface area contributed by atoms with Crippen molar-refractivity contribution in [2.24, 2.45) is 5.92 Å². The van der Waals surface area contributed by atoms with Crippen LogP contribution >= 0.6 is 11.6 Å². The second kappa shape index (κ2) is 9.96. The molecule has 10 atom stereocenters. The van der Waals surface area contributed by atoms with Gasteiger partial charge < -0.3 is 30.7 Å². The van der Waals surface area contributed by atoms with Gasteiger partial charge in [-0.05, 0) is 32.2 Å². The van der Waals surface area contributed by atoms with Crippen molar-refractivity contribution in [1.82, 2.24) is 10.6 Å². The summed E-state index contributed by atoms with van der Waals surface area (Å²) in [4.78, 5) is 12.7. The summed E-state index contributed by atoms with van der Waals surface area (Å²) in [5.74, 6) is 0.190. The molecule has 2 heterocycles. The maximum atomic E-state index is 12.7. The first-order chi connectivity index (χ1) is 12.7. The van der Waals surface area contributed by atoms with Crippen molar-refractivity contribution in [3.05, 3.63) is 0 Å². The van der Waals surface area contributed by atoms with Crippen LogP contribution in [0.4, 0.5) is 0 Å². The molecule has 27 heavy (non-hydrogen) atoms. The number of carbonyl (C=O) groups is 1. The Bertz CT molecular complexity index is 540. The largest absolute Gasteiger partial charge is 0.388 e. The minimum Gasteiger partial charge on any atom is -0.388 e. The number of aliphatic hydroxyl groups is 3. The number of hydrogen-bond donors (Lipinski definition) is 5. The highest BCUT2D eigenvalue weighted by Crippen LogP contribution is 2.27. The predicted molar refractivity (Wildman–Crippen MR) is 103 cm³/mol. The van der Waals surface area contributed by atoms with Crippen molar-refractivity contribution >= 4 is 28.3 Å². The van der Waals surface area contributed by atoms with Gasteiger partial charge in [-0.3, -0.25) is 9.00 Å². The predicted octanol–water partition coefficient (Wildman–Crippen LogP) is -0.937. The summed E-state index contributed by atoms with van der Waals surface area (Å²) in [6.07, 6.45) is -1.45. The van der Waals surface area contributed by atoms with Gasteiger partial charge >= 0.3 is 0 Å². The van der Waals surface area contributed by atoms with Gasteiger partial charge in [-0.1, -0.05) is 13.3 Å². The van der Waals surface area contributed by atoms with Crippen molar-refractivity contribution in [2.45, 2.75) is 80.4 Å². The number of halogens is 1. The molecule has 2 rings (SSSR count). The zero-order valence-electron chi connectivity index (χ0n) is 15.9. The van der Waals surface area contributed by atoms with Gasteiger partial charge in [-0.2, -0.15) is 0 Å². The highest BCUT2D eigenvalue weighted by Gasteiger charge is 2.49. The molecule has 10 unspecified atom stereocenters. The number of aliphatic hydroxyl groups excluding tert-OH is 3. The quantitative estimate of drug-likeness (QED) is 0.332. The fraction of sp³-hybridized carbons (Fsp3) is 0.941. The second-order valence-electron chi connectivity index (χ2n) is 7.50. The fourth-order valence-corrected chi connectivity index (χ4v) is 4.85. The van der Waals surface area contributed by atoms with E-state index in [1.165, 1.54) is 6.26 Å². The topological polar surface area (TPSA) is 128 Å². The van der Waals surface area contributed by atoms with E-state index in [1.807, 2.05) is 0 Å². The van der Waals surface area contributed by atoms with Gasteiger partial charge in [-0.15, -0.1) is 11.6 Å². The average molecular weight is 427 g/mol. The van der Waals surface area contributed by atoms with Crippen LogP contribution in [0.25, 0.3) is 0 Å². The standard InChI is InChI=1S/C17H31ClN2O6S/c1-4-5-9-6-10(19-7-9)16(24)20-11(8(2)18)15-13(22)12(21)14(23)17(26-15)27(3)25/h8-15,17,19,21-23H,4-7H2,1-3H3,(H,20,24). The lowest BCUT2D eigenvalue weighted by atomic mass is 9.92. The monoisotopic (exact) mass is 426 g/mol. The third kappa shape index (κ3) is 5.41. The molecule has 8 nitrogen and oxygen atoms in total. The highest BCUT2D eigenvalue weighted by molar-refractivity contribution is 7.84. The Kier molecular flexibility index (Phi) is 8.48. The molecule has 0 aromatic carbocycles. The number of amides is 1. The smallest absolute Gasteiger partial charge is 0.237 e. The number of hydrogen-bond acceptors (Lipinski definition) is 7. The molecule has 0 aromatic rings. The van der Waals surface area contributed by atoms with Crippen molar-refractivity contribution in [3.63, 3.8) is 0 Å². The molecule has 0 bridgehead atoms. The number of ether oxygens (including phenoxy) is 1. The molecule has 2 saturated heterocycles. The zero-order valence-corrected chi connectivity index (χ0v) is 17.4. The molecule has 5 N–H and O–H groups in total. The van der Waals surface area contributed by atoms with E-state index in [-0.39, 0.29) is 11.9 Å². The lowest BCUT2D eigenvalue weighted by molar-refractivity contribution is -0.206. The third-order valence-electron chi connectivity index (χ3n) is 5.33. The Balaban J connectivity index is 2.09. The van der Waals surface area contributed by atoms with Gasteiger partial charge in [0.05, 0.1) is 28.3 Å². The molecule has 158 valence electrons. The number of carbonyl (C=O) groups excluding carboxylic acids is 1. The van der Waals surface area contributed by atoms with Gasteiger partial charge in [0.15, 0.2) is 5.44 Å². The summed E-state index contributed by atoms with van der Waals surface area (Å²) in [6.45, 7) is 4.52. The molecule has 1 amide bonds. The van der Waals surface area contributed by atoms with Gasteiger partial charge in [-0.25, -0.2) is 0 Å². The van der Waals surface area contributed by atoms with E-state index in [2.05, 4.69) is 17.6 Å². The van der Waals surface area contributed by atoms with Crippen LogP contribution < -0.4 is 10.6 Å². The molecule has 2 fully saturated rings. The third-order valence-corrected chi connectivity index (χ3v) is 6.64. The second-order valence-corrected chi connectivity index (χ2v) is 9.65. The van der Waals surface area contributed by atoms with Crippen molar-refractivity contribution in [2.75, 3.05) is 12.8 Å². The molecule has 2 aliphatic heterocycles. The minimum atomic E-state index is -1.60. The number of nitrogens with one attached hydrogen (secondary N) is 2. The lowest BCUT2D eigenvalue weighted by Crippen LogP contribution is -2.66. The van der Waals surface area contributed by atoms with E-state index in [4.69, 9.17) is 16.3 Å². The number of rotatable bonds is 7. The summed E-state index contributed by atoms with van der Waals surface area (Å²) in [6, 6.07) is -1.18. The first kappa shape index (κ1) is 23.0. The molecule has 0 spiro atoms. The van der Waals surface area contributed by atoms with E-state index in [9.17, 15) is 24.3 Å². The van der Waals surface area contributed by atoms with Crippen LogP contribution in [0.15, 0.2) is 0 Å². The van der Waals surface area contributed by atoms with Crippen molar-refractivity contribution in [3.8, 4) is 0 Å². The van der Waals surface area contributed by atoms with Gasteiger partial charge in [0.2, 0.25) is 5.91 Å². The summed E-state index contributed by atoms with van der Waals surface area (Å²) in [7, 11) is -1.60. The first-order valence-corrected chi connectivity index (χ1v) is 11.4. The van der Waals surface area contributed by atoms with Crippen LogP contribution in [-0.2, 0) is 20.3 Å². The summed E-state index contributed by atoms with van der Waals surface area (Å²) in [5.41, 5.74) is -1.18. The van der Waals surface area contributed by atoms with Crippen LogP contribution in [0.5, 0.6) is 0 Å². The summed E-state index contributed by atoms with van der Waals surface area (Å²) >= 11 is 6.24. The van der Waals surface area contributed by atoms with Crippen LogP contribution in [0, 0.1) is 5.92 Å². The lowest BCUT2D eigenvalue weighted by Gasteiger charge is -2.43. The van der Waals surface area contributed by atoms with Crippen LogP contribution in [-0.4, -0.2) is 85.5 Å². The van der Waals surface area contributed by atoms with Crippen molar-refractivity contribution < 1.29 is 29.1 Å². The Morgan fingerprint density at radius 3 is 2.56 bits per heavy atom. The molecule has 0 saturated carbocycles. The molecule has 10 heteroatoms. The maximum Gasteiger partial charge on any atom is 0.237 e. The summed E-state index contributed by atoms with van der Waals surface area (Å²) < 4.78 is 17.4. The minimum absolute atomic E-state index is 0.253.